The summed E-state index contributed by atoms with van der Waals surface area (Å²) in [6.45, 7) is 0. The van der Waals surface area contributed by atoms with Gasteiger partial charge in [0.25, 0.3) is 0 Å². The quantitative estimate of drug-likeness (QED) is 0.562. The first-order valence-corrected chi connectivity index (χ1v) is 7.60. The number of thiazole rings is 1. The Labute approximate surface area is 130 Å². The zero-order valence-corrected chi connectivity index (χ0v) is 12.3. The number of nitrogens with zero attached hydrogens (tertiary/aromatic N) is 4. The van der Waals surface area contributed by atoms with E-state index in [-0.39, 0.29) is 0 Å². The molecule has 0 aliphatic heterocycles. The lowest BCUT2D eigenvalue weighted by Crippen LogP contribution is -1.96. The molecule has 104 valence electrons. The van der Waals surface area contributed by atoms with E-state index in [1.165, 1.54) is 0 Å². The van der Waals surface area contributed by atoms with Gasteiger partial charge in [0.05, 0.1) is 27.4 Å². The SMILES string of the molecule is N#Cc1cccc(-c2nccn2-c2ccc3ncsc3c2)c1. The minimum atomic E-state index is 0.630. The molecule has 4 aromatic rings. The number of aromatic nitrogens is 3. The number of imidazole rings is 1. The molecule has 4 rings (SSSR count). The molecule has 0 amide bonds. The summed E-state index contributed by atoms with van der Waals surface area (Å²) in [6, 6.07) is 15.8. The Balaban J connectivity index is 1.87. The molecule has 0 unspecified atom stereocenters. The number of benzene rings is 2. The van der Waals surface area contributed by atoms with E-state index < -0.39 is 0 Å². The van der Waals surface area contributed by atoms with Crippen LogP contribution in [0, 0.1) is 11.3 Å². The number of rotatable bonds is 2. The van der Waals surface area contributed by atoms with Crippen LogP contribution in [-0.2, 0) is 0 Å². The van der Waals surface area contributed by atoms with Gasteiger partial charge in [-0.1, -0.05) is 12.1 Å². The molecule has 0 bridgehead atoms. The van der Waals surface area contributed by atoms with Gasteiger partial charge in [0.1, 0.15) is 5.82 Å². The molecule has 0 aliphatic carbocycles. The predicted octanol–water partition coefficient (Wildman–Crippen LogP) is 4.02. The second kappa shape index (κ2) is 5.10. The molecule has 0 saturated carbocycles. The lowest BCUT2D eigenvalue weighted by molar-refractivity contribution is 1.07. The zero-order chi connectivity index (χ0) is 14.9. The first-order valence-electron chi connectivity index (χ1n) is 6.73. The summed E-state index contributed by atoms with van der Waals surface area (Å²) in [6.07, 6.45) is 3.70. The highest BCUT2D eigenvalue weighted by atomic mass is 32.1. The average Bonchev–Trinajstić information content (AvgIpc) is 3.23. The number of hydrogen-bond donors (Lipinski definition) is 0. The minimum absolute atomic E-state index is 0.630. The maximum absolute atomic E-state index is 9.06. The molecule has 0 saturated heterocycles. The molecule has 0 fully saturated rings. The molecule has 2 aromatic carbocycles. The van der Waals surface area contributed by atoms with E-state index in [9.17, 15) is 0 Å². The van der Waals surface area contributed by atoms with Crippen LogP contribution in [0.1, 0.15) is 5.56 Å². The molecule has 0 spiro atoms. The van der Waals surface area contributed by atoms with Crippen molar-refractivity contribution in [3.05, 3.63) is 65.9 Å². The molecule has 0 aliphatic rings. The molecule has 0 radical (unpaired) electrons. The van der Waals surface area contributed by atoms with Gasteiger partial charge in [0.2, 0.25) is 0 Å². The largest absolute Gasteiger partial charge is 0.300 e. The number of fused-ring (bicyclic) bond motifs is 1. The van der Waals surface area contributed by atoms with Gasteiger partial charge < -0.3 is 0 Å². The van der Waals surface area contributed by atoms with E-state index in [0.29, 0.717) is 5.56 Å². The Hall–Kier alpha value is -2.97. The van der Waals surface area contributed by atoms with E-state index in [2.05, 4.69) is 22.1 Å². The highest BCUT2D eigenvalue weighted by molar-refractivity contribution is 7.16. The third-order valence-electron chi connectivity index (χ3n) is 3.48. The molecule has 0 atom stereocenters. The van der Waals surface area contributed by atoms with E-state index in [4.69, 9.17) is 5.26 Å². The van der Waals surface area contributed by atoms with E-state index in [0.717, 1.165) is 27.3 Å². The lowest BCUT2D eigenvalue weighted by Gasteiger charge is -2.08. The average molecular weight is 302 g/mol. The van der Waals surface area contributed by atoms with E-state index >= 15 is 0 Å². The lowest BCUT2D eigenvalue weighted by atomic mass is 10.1. The maximum atomic E-state index is 9.06. The van der Waals surface area contributed by atoms with Crippen molar-refractivity contribution in [2.45, 2.75) is 0 Å². The van der Waals surface area contributed by atoms with Crippen LogP contribution in [0.2, 0.25) is 0 Å². The molecular formula is C17H10N4S. The summed E-state index contributed by atoms with van der Waals surface area (Å²) in [5, 5.41) is 9.06. The molecular weight excluding hydrogens is 292 g/mol. The zero-order valence-electron chi connectivity index (χ0n) is 11.5. The fraction of sp³-hybridized carbons (Fsp3) is 0. The fourth-order valence-electron chi connectivity index (χ4n) is 2.45. The topological polar surface area (TPSA) is 54.5 Å². The standard InChI is InChI=1S/C17H10N4S/c18-10-12-2-1-3-13(8-12)17-19-6-7-21(17)14-4-5-15-16(9-14)22-11-20-15/h1-9,11H. The predicted molar refractivity (Wildman–Crippen MR) is 86.9 cm³/mol. The number of nitriles is 1. The van der Waals surface area contributed by atoms with Crippen LogP contribution in [-0.4, -0.2) is 14.5 Å². The van der Waals surface area contributed by atoms with Gasteiger partial charge in [0.15, 0.2) is 0 Å². The summed E-state index contributed by atoms with van der Waals surface area (Å²) in [7, 11) is 0. The Morgan fingerprint density at radius 1 is 1.09 bits per heavy atom. The Bertz CT molecular complexity index is 1010. The first-order chi connectivity index (χ1) is 10.8. The van der Waals surface area contributed by atoms with Gasteiger partial charge in [-0.2, -0.15) is 5.26 Å². The van der Waals surface area contributed by atoms with Crippen LogP contribution in [0.25, 0.3) is 27.3 Å². The fourth-order valence-corrected chi connectivity index (χ4v) is 3.16. The molecule has 2 heterocycles. The summed E-state index contributed by atoms with van der Waals surface area (Å²) in [5.74, 6) is 0.820. The van der Waals surface area contributed by atoms with E-state index in [1.54, 1.807) is 23.6 Å². The monoisotopic (exact) mass is 302 g/mol. The minimum Gasteiger partial charge on any atom is -0.300 e. The Kier molecular flexibility index (Phi) is 2.95. The van der Waals surface area contributed by atoms with Crippen LogP contribution in [0.15, 0.2) is 60.4 Å². The molecule has 2 aromatic heterocycles. The van der Waals surface area contributed by atoms with Gasteiger partial charge in [0, 0.05) is 23.6 Å². The van der Waals surface area contributed by atoms with Crippen molar-refractivity contribution in [2.24, 2.45) is 0 Å². The Morgan fingerprint density at radius 3 is 2.95 bits per heavy atom. The van der Waals surface area contributed by atoms with Gasteiger partial charge in [-0.25, -0.2) is 9.97 Å². The van der Waals surface area contributed by atoms with Crippen LogP contribution in [0.3, 0.4) is 0 Å². The van der Waals surface area contributed by atoms with Gasteiger partial charge in [-0.15, -0.1) is 11.3 Å². The van der Waals surface area contributed by atoms with Gasteiger partial charge in [-0.05, 0) is 30.3 Å². The summed E-state index contributed by atoms with van der Waals surface area (Å²) in [5.41, 5.74) is 5.44. The molecule has 22 heavy (non-hydrogen) atoms. The van der Waals surface area contributed by atoms with Crippen molar-refractivity contribution in [1.29, 1.82) is 5.26 Å². The molecule has 0 N–H and O–H groups in total. The maximum Gasteiger partial charge on any atom is 0.144 e. The van der Waals surface area contributed by atoms with Crippen LogP contribution in [0.4, 0.5) is 0 Å². The van der Waals surface area contributed by atoms with Crippen molar-refractivity contribution in [1.82, 2.24) is 14.5 Å². The van der Waals surface area contributed by atoms with Crippen LogP contribution >= 0.6 is 11.3 Å². The van der Waals surface area contributed by atoms with Crippen molar-refractivity contribution in [3.8, 4) is 23.1 Å². The second-order valence-corrected chi connectivity index (χ2v) is 5.70. The molecule has 5 heteroatoms. The van der Waals surface area contributed by atoms with Gasteiger partial charge >= 0.3 is 0 Å². The van der Waals surface area contributed by atoms with Crippen LogP contribution < -0.4 is 0 Å². The normalized spacial score (nSPS) is 10.7. The van der Waals surface area contributed by atoms with E-state index in [1.807, 2.05) is 46.6 Å². The van der Waals surface area contributed by atoms with Crippen molar-refractivity contribution >= 4 is 21.6 Å². The summed E-state index contributed by atoms with van der Waals surface area (Å²) < 4.78 is 3.17. The highest BCUT2D eigenvalue weighted by Crippen LogP contribution is 2.26. The first kappa shape index (κ1) is 12.7. The summed E-state index contributed by atoms with van der Waals surface area (Å²) in [4.78, 5) is 8.75. The Morgan fingerprint density at radius 2 is 2.05 bits per heavy atom. The van der Waals surface area contributed by atoms with Crippen LogP contribution in [0.5, 0.6) is 0 Å². The van der Waals surface area contributed by atoms with Crippen molar-refractivity contribution in [2.75, 3.05) is 0 Å². The highest BCUT2D eigenvalue weighted by Gasteiger charge is 2.09. The summed E-state index contributed by atoms with van der Waals surface area (Å²) >= 11 is 1.62. The number of hydrogen-bond acceptors (Lipinski definition) is 4. The van der Waals surface area contributed by atoms with Crippen molar-refractivity contribution < 1.29 is 0 Å². The third kappa shape index (κ3) is 2.07. The third-order valence-corrected chi connectivity index (χ3v) is 4.28. The molecule has 4 nitrogen and oxygen atoms in total. The van der Waals surface area contributed by atoms with Gasteiger partial charge in [-0.3, -0.25) is 4.57 Å². The smallest absolute Gasteiger partial charge is 0.144 e. The van der Waals surface area contributed by atoms with Crippen molar-refractivity contribution in [3.63, 3.8) is 0 Å². The second-order valence-electron chi connectivity index (χ2n) is 4.82.